The van der Waals surface area contributed by atoms with E-state index < -0.39 is 6.04 Å². The van der Waals surface area contributed by atoms with Crippen molar-refractivity contribution >= 4 is 28.5 Å². The normalized spacial score (nSPS) is 18.0. The van der Waals surface area contributed by atoms with Crippen molar-refractivity contribution in [1.82, 2.24) is 14.3 Å². The molecule has 1 aliphatic heterocycles. The zero-order valence-electron chi connectivity index (χ0n) is 13.0. The summed E-state index contributed by atoms with van der Waals surface area (Å²) in [5.41, 5.74) is 0. The number of carbonyl (C=O) groups is 2. The van der Waals surface area contributed by atoms with Crippen molar-refractivity contribution in [3.05, 3.63) is 17.9 Å². The maximum Gasteiger partial charge on any atom is 0.248 e. The van der Waals surface area contributed by atoms with E-state index in [9.17, 15) is 9.59 Å². The molecule has 0 aliphatic carbocycles. The average molecular weight is 334 g/mol. The molecule has 0 bridgehead atoms. The Morgan fingerprint density at radius 1 is 1.39 bits per heavy atom. The second-order valence-corrected chi connectivity index (χ2v) is 6.30. The summed E-state index contributed by atoms with van der Waals surface area (Å²) in [6.45, 7) is 3.96. The highest BCUT2D eigenvalue weighted by molar-refractivity contribution is 7.10. The van der Waals surface area contributed by atoms with E-state index in [1.54, 1.807) is 11.0 Å². The molecule has 3 heterocycles. The summed E-state index contributed by atoms with van der Waals surface area (Å²) in [5, 5.41) is 3.17. The maximum absolute atomic E-state index is 12.4. The summed E-state index contributed by atoms with van der Waals surface area (Å²) in [7, 11) is 0. The first-order valence-corrected chi connectivity index (χ1v) is 8.30. The quantitative estimate of drug-likeness (QED) is 0.931. The molecular weight excluding hydrogens is 316 g/mol. The fourth-order valence-corrected chi connectivity index (χ4v) is 3.28. The van der Waals surface area contributed by atoms with E-state index in [0.29, 0.717) is 29.7 Å². The van der Waals surface area contributed by atoms with Crippen LogP contribution in [0.1, 0.15) is 31.9 Å². The predicted molar refractivity (Wildman–Crippen MR) is 86.0 cm³/mol. The molecule has 23 heavy (non-hydrogen) atoms. The van der Waals surface area contributed by atoms with Crippen LogP contribution in [-0.2, 0) is 9.59 Å². The molecule has 0 radical (unpaired) electrons. The topological polar surface area (TPSA) is 88.3 Å². The van der Waals surface area contributed by atoms with Gasteiger partial charge in [-0.05, 0) is 38.3 Å². The van der Waals surface area contributed by atoms with Crippen molar-refractivity contribution in [1.29, 1.82) is 0 Å². The third-order valence-electron chi connectivity index (χ3n) is 3.83. The van der Waals surface area contributed by atoms with E-state index in [2.05, 4.69) is 14.7 Å². The third kappa shape index (κ3) is 3.42. The predicted octanol–water partition coefficient (Wildman–Crippen LogP) is 2.45. The molecule has 122 valence electrons. The second-order valence-electron chi connectivity index (χ2n) is 5.55. The van der Waals surface area contributed by atoms with Gasteiger partial charge in [0.15, 0.2) is 5.76 Å². The van der Waals surface area contributed by atoms with Crippen LogP contribution in [0.2, 0.25) is 0 Å². The largest absolute Gasteiger partial charge is 0.458 e. The molecule has 0 saturated carbocycles. The lowest BCUT2D eigenvalue weighted by Gasteiger charge is -2.33. The molecule has 0 spiro atoms. The number of rotatable bonds is 3. The van der Waals surface area contributed by atoms with Crippen LogP contribution in [-0.4, -0.2) is 38.7 Å². The van der Waals surface area contributed by atoms with Crippen LogP contribution < -0.4 is 5.32 Å². The molecule has 3 rings (SSSR count). The second kappa shape index (κ2) is 6.49. The van der Waals surface area contributed by atoms with E-state index in [1.807, 2.05) is 13.0 Å². The van der Waals surface area contributed by atoms with Gasteiger partial charge in [-0.15, -0.1) is 0 Å². The van der Waals surface area contributed by atoms with Crippen LogP contribution in [0.3, 0.4) is 0 Å². The highest BCUT2D eigenvalue weighted by atomic mass is 32.1. The van der Waals surface area contributed by atoms with E-state index in [0.717, 1.165) is 30.1 Å². The Kier molecular flexibility index (Phi) is 4.42. The Labute approximate surface area is 137 Å². The molecule has 7 nitrogen and oxygen atoms in total. The lowest BCUT2D eigenvalue weighted by molar-refractivity contribution is -0.138. The summed E-state index contributed by atoms with van der Waals surface area (Å²) in [6, 6.07) is 3.20. The fourth-order valence-electron chi connectivity index (χ4n) is 2.70. The Balaban J connectivity index is 1.70. The number of hydrogen-bond acceptors (Lipinski definition) is 6. The Hall–Kier alpha value is -2.22. The van der Waals surface area contributed by atoms with Crippen LogP contribution in [0.15, 0.2) is 16.5 Å². The van der Waals surface area contributed by atoms with Gasteiger partial charge in [-0.2, -0.15) is 9.36 Å². The van der Waals surface area contributed by atoms with Crippen molar-refractivity contribution in [2.45, 2.75) is 39.2 Å². The summed E-state index contributed by atoms with van der Waals surface area (Å²) >= 11 is 1.10. The first-order valence-electron chi connectivity index (χ1n) is 7.53. The van der Waals surface area contributed by atoms with Crippen molar-refractivity contribution < 1.29 is 14.0 Å². The van der Waals surface area contributed by atoms with Crippen molar-refractivity contribution in [3.8, 4) is 11.6 Å². The van der Waals surface area contributed by atoms with Crippen LogP contribution >= 0.6 is 11.5 Å². The fraction of sp³-hybridized carbons (Fsp3) is 0.467. The first-order chi connectivity index (χ1) is 11.0. The van der Waals surface area contributed by atoms with E-state index in [-0.39, 0.29) is 11.8 Å². The van der Waals surface area contributed by atoms with E-state index >= 15 is 0 Å². The van der Waals surface area contributed by atoms with Crippen LogP contribution in [0.5, 0.6) is 0 Å². The zero-order valence-corrected chi connectivity index (χ0v) is 13.9. The van der Waals surface area contributed by atoms with Gasteiger partial charge in [-0.3, -0.25) is 14.9 Å². The Morgan fingerprint density at radius 2 is 2.22 bits per heavy atom. The third-order valence-corrected chi connectivity index (χ3v) is 4.46. The number of hydrogen-bond donors (Lipinski definition) is 1. The minimum Gasteiger partial charge on any atom is -0.458 e. The molecule has 8 heteroatoms. The monoisotopic (exact) mass is 334 g/mol. The minimum absolute atomic E-state index is 0.0751. The maximum atomic E-state index is 12.4. The molecule has 1 unspecified atom stereocenters. The van der Waals surface area contributed by atoms with Crippen LogP contribution in [0, 0.1) is 6.92 Å². The van der Waals surface area contributed by atoms with Gasteiger partial charge in [0.25, 0.3) is 0 Å². The number of nitrogens with zero attached hydrogens (tertiary/aromatic N) is 3. The highest BCUT2D eigenvalue weighted by Gasteiger charge is 2.30. The molecule has 1 N–H and O–H groups in total. The number of likely N-dealkylation sites (tertiary alicyclic amines) is 1. The van der Waals surface area contributed by atoms with Gasteiger partial charge in [0, 0.05) is 25.0 Å². The van der Waals surface area contributed by atoms with Crippen LogP contribution in [0.4, 0.5) is 5.13 Å². The SMILES string of the molecule is CC(=O)N1CCCCC1C(=O)Nc1nc(-c2ccc(C)o2)ns1. The molecular formula is C15H18N4O3S. The molecule has 1 fully saturated rings. The average Bonchev–Trinajstić information content (AvgIpc) is 3.16. The lowest BCUT2D eigenvalue weighted by Crippen LogP contribution is -2.49. The number of furan rings is 1. The molecule has 1 aliphatic rings. The van der Waals surface area contributed by atoms with Crippen molar-refractivity contribution in [2.75, 3.05) is 11.9 Å². The smallest absolute Gasteiger partial charge is 0.248 e. The summed E-state index contributed by atoms with van der Waals surface area (Å²) in [6.07, 6.45) is 2.55. The number of aromatic nitrogens is 2. The van der Waals surface area contributed by atoms with Gasteiger partial charge in [0.1, 0.15) is 11.8 Å². The standard InChI is InChI=1S/C15H18N4O3S/c1-9-6-7-12(22-9)13-16-15(23-18-13)17-14(21)11-5-3-4-8-19(11)10(2)20/h6-7,11H,3-5,8H2,1-2H3,(H,16,17,18,21). The zero-order chi connectivity index (χ0) is 16.4. The molecule has 0 aromatic carbocycles. The molecule has 2 aromatic rings. The number of amides is 2. The number of piperidine rings is 1. The van der Waals surface area contributed by atoms with Crippen molar-refractivity contribution in [2.24, 2.45) is 0 Å². The van der Waals surface area contributed by atoms with E-state index in [4.69, 9.17) is 4.42 Å². The van der Waals surface area contributed by atoms with Gasteiger partial charge in [0.2, 0.25) is 22.8 Å². The Morgan fingerprint density at radius 3 is 2.91 bits per heavy atom. The molecule has 1 atom stereocenters. The van der Waals surface area contributed by atoms with Crippen LogP contribution in [0.25, 0.3) is 11.6 Å². The minimum atomic E-state index is -0.431. The van der Waals surface area contributed by atoms with Crippen molar-refractivity contribution in [3.63, 3.8) is 0 Å². The molecule has 2 aromatic heterocycles. The van der Waals surface area contributed by atoms with Gasteiger partial charge in [-0.25, -0.2) is 0 Å². The summed E-state index contributed by atoms with van der Waals surface area (Å²) in [4.78, 5) is 30.0. The lowest BCUT2D eigenvalue weighted by atomic mass is 10.0. The van der Waals surface area contributed by atoms with Gasteiger partial charge < -0.3 is 9.32 Å². The number of nitrogens with one attached hydrogen (secondary N) is 1. The van der Waals surface area contributed by atoms with E-state index in [1.165, 1.54) is 6.92 Å². The summed E-state index contributed by atoms with van der Waals surface area (Å²) < 4.78 is 9.66. The number of anilines is 1. The summed E-state index contributed by atoms with van der Waals surface area (Å²) in [5.74, 6) is 1.51. The van der Waals surface area contributed by atoms with Gasteiger partial charge >= 0.3 is 0 Å². The highest BCUT2D eigenvalue weighted by Crippen LogP contribution is 2.24. The number of aryl methyl sites for hydroxylation is 1. The van der Waals surface area contributed by atoms with Gasteiger partial charge in [0.05, 0.1) is 0 Å². The Bertz CT molecular complexity index is 724. The molecule has 2 amide bonds. The number of carbonyl (C=O) groups excluding carboxylic acids is 2. The first kappa shape index (κ1) is 15.7. The van der Waals surface area contributed by atoms with Gasteiger partial charge in [-0.1, -0.05) is 0 Å². The molecule has 1 saturated heterocycles.